The van der Waals surface area contributed by atoms with Gasteiger partial charge in [-0.15, -0.1) is 0 Å². The molecular formula is C10H12N2O3. The van der Waals surface area contributed by atoms with E-state index in [0.29, 0.717) is 0 Å². The van der Waals surface area contributed by atoms with E-state index in [2.05, 4.69) is 15.3 Å². The summed E-state index contributed by atoms with van der Waals surface area (Å²) >= 11 is 0. The van der Waals surface area contributed by atoms with E-state index in [1.54, 1.807) is 0 Å². The Balaban J connectivity index is 2.31. The molecule has 0 saturated heterocycles. The van der Waals surface area contributed by atoms with Gasteiger partial charge in [0.2, 0.25) is 0 Å². The second kappa shape index (κ2) is 6.56. The van der Waals surface area contributed by atoms with E-state index >= 15 is 0 Å². The fourth-order valence-electron chi connectivity index (χ4n) is 0.869. The van der Waals surface area contributed by atoms with Crippen LogP contribution in [-0.4, -0.2) is 30.6 Å². The molecule has 0 spiro atoms. The predicted octanol–water partition coefficient (Wildman–Crippen LogP) is 0.739. The summed E-state index contributed by atoms with van der Waals surface area (Å²) in [6, 6.07) is 9.33. The summed E-state index contributed by atoms with van der Waals surface area (Å²) in [6.07, 6.45) is 0.816. The highest BCUT2D eigenvalue weighted by atomic mass is 16.6. The van der Waals surface area contributed by atoms with Gasteiger partial charge in [0.1, 0.15) is 6.61 Å². The third kappa shape index (κ3) is 4.78. The Labute approximate surface area is 87.4 Å². The van der Waals surface area contributed by atoms with Gasteiger partial charge in [-0.25, -0.2) is 10.2 Å². The van der Waals surface area contributed by atoms with Crippen molar-refractivity contribution in [1.82, 2.24) is 5.43 Å². The van der Waals surface area contributed by atoms with Gasteiger partial charge in [0.25, 0.3) is 0 Å². The van der Waals surface area contributed by atoms with Gasteiger partial charge in [-0.05, 0) is 5.56 Å². The minimum atomic E-state index is -0.684. The van der Waals surface area contributed by atoms with Gasteiger partial charge in [0, 0.05) is 0 Å². The van der Waals surface area contributed by atoms with Gasteiger partial charge >= 0.3 is 6.09 Å². The Morgan fingerprint density at radius 2 is 2.20 bits per heavy atom. The second-order valence-corrected chi connectivity index (χ2v) is 2.64. The minimum absolute atomic E-state index is 0.0350. The highest BCUT2D eigenvalue weighted by Gasteiger charge is 1.96. The summed E-state index contributed by atoms with van der Waals surface area (Å²) in [4.78, 5) is 10.8. The number of aliphatic hydroxyl groups excluding tert-OH is 1. The Morgan fingerprint density at radius 3 is 2.87 bits per heavy atom. The van der Waals surface area contributed by atoms with Crippen molar-refractivity contribution < 1.29 is 14.6 Å². The van der Waals surface area contributed by atoms with Crippen molar-refractivity contribution in [2.24, 2.45) is 5.10 Å². The van der Waals surface area contributed by atoms with E-state index in [4.69, 9.17) is 5.11 Å². The molecule has 0 radical (unpaired) electrons. The van der Waals surface area contributed by atoms with Crippen LogP contribution in [0.4, 0.5) is 4.79 Å². The van der Waals surface area contributed by atoms with Crippen molar-refractivity contribution in [2.45, 2.75) is 0 Å². The van der Waals surface area contributed by atoms with Crippen LogP contribution in [0.5, 0.6) is 0 Å². The largest absolute Gasteiger partial charge is 0.446 e. The Kier molecular flexibility index (Phi) is 4.89. The van der Waals surface area contributed by atoms with Crippen molar-refractivity contribution in [3.8, 4) is 0 Å². The van der Waals surface area contributed by atoms with Crippen molar-refractivity contribution in [3.63, 3.8) is 0 Å². The van der Waals surface area contributed by atoms with Crippen LogP contribution in [-0.2, 0) is 4.74 Å². The molecule has 1 aromatic rings. The van der Waals surface area contributed by atoms with Gasteiger partial charge in [0.05, 0.1) is 12.8 Å². The van der Waals surface area contributed by atoms with E-state index in [1.807, 2.05) is 30.3 Å². The van der Waals surface area contributed by atoms with Crippen LogP contribution in [0.3, 0.4) is 0 Å². The molecule has 0 aliphatic heterocycles. The summed E-state index contributed by atoms with van der Waals surface area (Å²) in [5, 5.41) is 12.0. The molecule has 80 valence electrons. The van der Waals surface area contributed by atoms with Gasteiger partial charge in [-0.3, -0.25) is 0 Å². The summed E-state index contributed by atoms with van der Waals surface area (Å²) in [5.41, 5.74) is 3.04. The maximum absolute atomic E-state index is 10.8. The SMILES string of the molecule is O=C(NN=Cc1ccccc1)OCCO. The Morgan fingerprint density at radius 1 is 1.47 bits per heavy atom. The van der Waals surface area contributed by atoms with Crippen molar-refractivity contribution >= 4 is 12.3 Å². The number of aliphatic hydroxyl groups is 1. The first-order valence-corrected chi connectivity index (χ1v) is 4.44. The molecular weight excluding hydrogens is 196 g/mol. The van der Waals surface area contributed by atoms with Crippen LogP contribution in [0.2, 0.25) is 0 Å². The molecule has 0 bridgehead atoms. The zero-order chi connectivity index (χ0) is 10.9. The number of rotatable bonds is 4. The number of ether oxygens (including phenoxy) is 1. The summed E-state index contributed by atoms with van der Waals surface area (Å²) in [5.74, 6) is 0. The van der Waals surface area contributed by atoms with Gasteiger partial charge in [-0.2, -0.15) is 5.10 Å². The molecule has 0 fully saturated rings. The number of benzene rings is 1. The minimum Gasteiger partial charge on any atom is -0.446 e. The number of carbonyl (C=O) groups is 1. The fourth-order valence-corrected chi connectivity index (χ4v) is 0.869. The van der Waals surface area contributed by atoms with Crippen LogP contribution in [0, 0.1) is 0 Å². The third-order valence-electron chi connectivity index (χ3n) is 1.49. The average Bonchev–Trinajstić information content (AvgIpc) is 2.28. The number of nitrogens with zero attached hydrogens (tertiary/aromatic N) is 1. The number of amides is 1. The van der Waals surface area contributed by atoms with E-state index in [1.165, 1.54) is 6.21 Å². The summed E-state index contributed by atoms with van der Waals surface area (Å²) in [6.45, 7) is -0.234. The van der Waals surface area contributed by atoms with Gasteiger partial charge < -0.3 is 9.84 Å². The number of hydrogen-bond donors (Lipinski definition) is 2. The third-order valence-corrected chi connectivity index (χ3v) is 1.49. The Bertz CT molecular complexity index is 325. The van der Waals surface area contributed by atoms with Crippen LogP contribution in [0.1, 0.15) is 5.56 Å². The lowest BCUT2D eigenvalue weighted by atomic mass is 10.2. The van der Waals surface area contributed by atoms with Crippen LogP contribution in [0.25, 0.3) is 0 Å². The molecule has 15 heavy (non-hydrogen) atoms. The maximum atomic E-state index is 10.8. The number of hydrogen-bond acceptors (Lipinski definition) is 4. The number of carbonyl (C=O) groups excluding carboxylic acids is 1. The first kappa shape index (κ1) is 11.2. The molecule has 0 saturated carbocycles. The first-order valence-electron chi connectivity index (χ1n) is 4.44. The molecule has 0 aromatic heterocycles. The molecule has 5 heteroatoms. The average molecular weight is 208 g/mol. The first-order chi connectivity index (χ1) is 7.33. The van der Waals surface area contributed by atoms with Crippen molar-refractivity contribution in [2.75, 3.05) is 13.2 Å². The van der Waals surface area contributed by atoms with E-state index < -0.39 is 6.09 Å². The molecule has 0 heterocycles. The second-order valence-electron chi connectivity index (χ2n) is 2.64. The molecule has 0 unspecified atom stereocenters. The van der Waals surface area contributed by atoms with Crippen molar-refractivity contribution in [3.05, 3.63) is 35.9 Å². The van der Waals surface area contributed by atoms with Gasteiger partial charge in [0.15, 0.2) is 0 Å². The lowest BCUT2D eigenvalue weighted by molar-refractivity contribution is 0.119. The summed E-state index contributed by atoms with van der Waals surface area (Å²) in [7, 11) is 0. The molecule has 1 rings (SSSR count). The van der Waals surface area contributed by atoms with Crippen LogP contribution >= 0.6 is 0 Å². The smallest absolute Gasteiger partial charge is 0.427 e. The van der Waals surface area contributed by atoms with E-state index in [0.717, 1.165) is 5.56 Å². The lowest BCUT2D eigenvalue weighted by Gasteiger charge is -1.99. The standard InChI is InChI=1S/C10H12N2O3/c13-6-7-15-10(14)12-11-8-9-4-2-1-3-5-9/h1-5,8,13H,6-7H2,(H,12,14). The molecule has 2 N–H and O–H groups in total. The quantitative estimate of drug-likeness (QED) is 0.566. The Hall–Kier alpha value is -1.88. The van der Waals surface area contributed by atoms with Crippen molar-refractivity contribution in [1.29, 1.82) is 0 Å². The van der Waals surface area contributed by atoms with Crippen LogP contribution in [0.15, 0.2) is 35.4 Å². The van der Waals surface area contributed by atoms with E-state index in [9.17, 15) is 4.79 Å². The number of hydrazone groups is 1. The highest BCUT2D eigenvalue weighted by molar-refractivity contribution is 5.80. The zero-order valence-electron chi connectivity index (χ0n) is 8.09. The summed E-state index contributed by atoms with van der Waals surface area (Å²) < 4.78 is 4.52. The van der Waals surface area contributed by atoms with Crippen LogP contribution < -0.4 is 5.43 Å². The van der Waals surface area contributed by atoms with Gasteiger partial charge in [-0.1, -0.05) is 30.3 Å². The molecule has 1 aromatic carbocycles. The molecule has 0 atom stereocenters. The van der Waals surface area contributed by atoms with E-state index in [-0.39, 0.29) is 13.2 Å². The highest BCUT2D eigenvalue weighted by Crippen LogP contribution is 1.93. The fraction of sp³-hybridized carbons (Fsp3) is 0.200. The lowest BCUT2D eigenvalue weighted by Crippen LogP contribution is -2.20. The normalized spacial score (nSPS) is 10.2. The predicted molar refractivity (Wildman–Crippen MR) is 55.6 cm³/mol. The maximum Gasteiger partial charge on any atom is 0.427 e. The molecule has 1 amide bonds. The zero-order valence-corrected chi connectivity index (χ0v) is 8.09. The monoisotopic (exact) mass is 208 g/mol. The molecule has 0 aliphatic carbocycles. The molecule has 0 aliphatic rings. The topological polar surface area (TPSA) is 70.9 Å². The molecule has 5 nitrogen and oxygen atoms in total. The number of nitrogens with one attached hydrogen (secondary N) is 1.